The normalized spacial score (nSPS) is 15.4. The Labute approximate surface area is 165 Å². The molecule has 1 heterocycles. The molecule has 9 heteroatoms. The van der Waals surface area contributed by atoms with Crippen LogP contribution in [0.5, 0.6) is 0 Å². The second kappa shape index (κ2) is 8.20. The minimum Gasteiger partial charge on any atom is -0.328 e. The number of nitro benzene ring substituents is 1. The highest BCUT2D eigenvalue weighted by atomic mass is 19.4. The number of amides is 1. The number of nitro groups is 1. The maximum atomic E-state index is 12.9. The van der Waals surface area contributed by atoms with Gasteiger partial charge in [0.2, 0.25) is 0 Å². The SMILES string of the molecule is Cc1cc(C(=O)N2CC[NH+](Cc3cccc(C(F)(F)F)c3)CC2)ccc1[N+](=O)[O-]. The van der Waals surface area contributed by atoms with Crippen LogP contribution in [-0.2, 0) is 12.7 Å². The Hall–Kier alpha value is -2.94. The summed E-state index contributed by atoms with van der Waals surface area (Å²) in [6, 6.07) is 9.62. The number of carbonyl (C=O) groups is 1. The fourth-order valence-corrected chi connectivity index (χ4v) is 3.53. The zero-order chi connectivity index (χ0) is 21.2. The molecule has 0 unspecified atom stereocenters. The molecule has 0 spiro atoms. The highest BCUT2D eigenvalue weighted by Crippen LogP contribution is 2.29. The van der Waals surface area contributed by atoms with Crippen LogP contribution in [0.3, 0.4) is 0 Å². The van der Waals surface area contributed by atoms with Crippen LogP contribution in [0, 0.1) is 17.0 Å². The summed E-state index contributed by atoms with van der Waals surface area (Å²) in [6.07, 6.45) is -4.36. The average molecular weight is 408 g/mol. The molecule has 0 atom stereocenters. The Morgan fingerprint density at radius 2 is 1.86 bits per heavy atom. The number of aryl methyl sites for hydroxylation is 1. The minimum atomic E-state index is -4.36. The van der Waals surface area contributed by atoms with E-state index in [1.54, 1.807) is 17.9 Å². The van der Waals surface area contributed by atoms with E-state index in [4.69, 9.17) is 0 Å². The first kappa shape index (κ1) is 20.8. The van der Waals surface area contributed by atoms with Crippen molar-refractivity contribution in [2.75, 3.05) is 26.2 Å². The molecule has 0 aromatic heterocycles. The topological polar surface area (TPSA) is 67.9 Å². The van der Waals surface area contributed by atoms with Gasteiger partial charge in [-0.1, -0.05) is 12.1 Å². The number of nitrogens with zero attached hydrogens (tertiary/aromatic N) is 2. The number of benzene rings is 2. The monoisotopic (exact) mass is 408 g/mol. The third kappa shape index (κ3) is 4.92. The van der Waals surface area contributed by atoms with Gasteiger partial charge in [-0.15, -0.1) is 0 Å². The molecule has 2 aromatic rings. The lowest BCUT2D eigenvalue weighted by atomic mass is 10.1. The van der Waals surface area contributed by atoms with Gasteiger partial charge >= 0.3 is 6.18 Å². The highest BCUT2D eigenvalue weighted by Gasteiger charge is 2.31. The first-order valence-corrected chi connectivity index (χ1v) is 9.19. The lowest BCUT2D eigenvalue weighted by Crippen LogP contribution is -3.13. The number of hydrogen-bond acceptors (Lipinski definition) is 3. The molecule has 1 saturated heterocycles. The maximum Gasteiger partial charge on any atom is 0.416 e. The molecule has 3 rings (SSSR count). The van der Waals surface area contributed by atoms with Gasteiger partial charge in [0.05, 0.1) is 36.7 Å². The van der Waals surface area contributed by atoms with E-state index in [9.17, 15) is 28.1 Å². The summed E-state index contributed by atoms with van der Waals surface area (Å²) in [5, 5.41) is 10.9. The fourth-order valence-electron chi connectivity index (χ4n) is 3.53. The molecular weight excluding hydrogens is 387 g/mol. The summed E-state index contributed by atoms with van der Waals surface area (Å²) in [5.74, 6) is -0.193. The second-order valence-corrected chi connectivity index (χ2v) is 7.18. The predicted molar refractivity (Wildman–Crippen MR) is 99.6 cm³/mol. The van der Waals surface area contributed by atoms with Gasteiger partial charge in [-0.2, -0.15) is 13.2 Å². The van der Waals surface area contributed by atoms with Gasteiger partial charge in [0.15, 0.2) is 0 Å². The summed E-state index contributed by atoms with van der Waals surface area (Å²) < 4.78 is 38.6. The molecule has 0 saturated carbocycles. The van der Waals surface area contributed by atoms with Crippen molar-refractivity contribution >= 4 is 11.6 Å². The number of halogens is 3. The molecular formula is C20H21F3N3O3+. The van der Waals surface area contributed by atoms with Crippen molar-refractivity contribution in [3.63, 3.8) is 0 Å². The molecule has 1 aliphatic heterocycles. The van der Waals surface area contributed by atoms with Gasteiger partial charge in [-0.25, -0.2) is 0 Å². The van der Waals surface area contributed by atoms with Crippen molar-refractivity contribution in [2.24, 2.45) is 0 Å². The van der Waals surface area contributed by atoms with Gasteiger partial charge in [0.25, 0.3) is 11.6 Å². The molecule has 1 N–H and O–H groups in total. The van der Waals surface area contributed by atoms with E-state index in [0.29, 0.717) is 49.4 Å². The number of hydrogen-bond donors (Lipinski definition) is 1. The van der Waals surface area contributed by atoms with Crippen LogP contribution in [0.2, 0.25) is 0 Å². The Balaban J connectivity index is 1.60. The number of rotatable bonds is 4. The zero-order valence-corrected chi connectivity index (χ0v) is 15.8. The van der Waals surface area contributed by atoms with Crippen molar-refractivity contribution in [1.29, 1.82) is 0 Å². The highest BCUT2D eigenvalue weighted by molar-refractivity contribution is 5.94. The molecule has 6 nitrogen and oxygen atoms in total. The summed E-state index contributed by atoms with van der Waals surface area (Å²) in [5.41, 5.74) is 0.748. The molecule has 0 aliphatic carbocycles. The van der Waals surface area contributed by atoms with Crippen LogP contribution in [0.25, 0.3) is 0 Å². The molecule has 29 heavy (non-hydrogen) atoms. The smallest absolute Gasteiger partial charge is 0.328 e. The van der Waals surface area contributed by atoms with Crippen molar-refractivity contribution in [3.8, 4) is 0 Å². The molecule has 2 aromatic carbocycles. The van der Waals surface area contributed by atoms with E-state index in [-0.39, 0.29) is 11.6 Å². The van der Waals surface area contributed by atoms with Crippen LogP contribution in [0.15, 0.2) is 42.5 Å². The number of piperazine rings is 1. The van der Waals surface area contributed by atoms with E-state index in [2.05, 4.69) is 0 Å². The fraction of sp³-hybridized carbons (Fsp3) is 0.350. The van der Waals surface area contributed by atoms with Gasteiger partial charge in [0, 0.05) is 22.8 Å². The second-order valence-electron chi connectivity index (χ2n) is 7.18. The lowest BCUT2D eigenvalue weighted by molar-refractivity contribution is -0.917. The Morgan fingerprint density at radius 3 is 2.45 bits per heavy atom. The third-order valence-electron chi connectivity index (χ3n) is 5.11. The number of quaternary nitrogens is 1. The van der Waals surface area contributed by atoms with Crippen molar-refractivity contribution in [1.82, 2.24) is 4.90 Å². The van der Waals surface area contributed by atoms with Gasteiger partial charge in [-0.3, -0.25) is 14.9 Å². The van der Waals surface area contributed by atoms with E-state index in [1.807, 2.05) is 0 Å². The van der Waals surface area contributed by atoms with Crippen molar-refractivity contribution < 1.29 is 27.8 Å². The summed E-state index contributed by atoms with van der Waals surface area (Å²) in [6.45, 7) is 4.24. The van der Waals surface area contributed by atoms with Crippen LogP contribution in [0.1, 0.15) is 27.0 Å². The maximum absolute atomic E-state index is 12.9. The van der Waals surface area contributed by atoms with E-state index in [1.165, 1.54) is 30.3 Å². The Bertz CT molecular complexity index is 923. The van der Waals surface area contributed by atoms with Crippen LogP contribution in [-0.4, -0.2) is 41.9 Å². The zero-order valence-electron chi connectivity index (χ0n) is 15.8. The average Bonchev–Trinajstić information content (AvgIpc) is 2.67. The van der Waals surface area contributed by atoms with Crippen molar-refractivity contribution in [3.05, 3.63) is 74.8 Å². The van der Waals surface area contributed by atoms with Crippen LogP contribution >= 0.6 is 0 Å². The largest absolute Gasteiger partial charge is 0.416 e. The lowest BCUT2D eigenvalue weighted by Gasteiger charge is -2.32. The number of carbonyl (C=O) groups excluding carboxylic acids is 1. The summed E-state index contributed by atoms with van der Waals surface area (Å²) in [4.78, 5) is 25.9. The first-order chi connectivity index (χ1) is 13.6. The molecule has 1 aliphatic rings. The molecule has 1 amide bonds. The van der Waals surface area contributed by atoms with Crippen LogP contribution < -0.4 is 4.90 Å². The molecule has 154 valence electrons. The Kier molecular flexibility index (Phi) is 5.88. The van der Waals surface area contributed by atoms with E-state index < -0.39 is 16.7 Å². The van der Waals surface area contributed by atoms with E-state index in [0.717, 1.165) is 11.0 Å². The van der Waals surface area contributed by atoms with Crippen molar-refractivity contribution in [2.45, 2.75) is 19.6 Å². The quantitative estimate of drug-likeness (QED) is 0.624. The molecule has 0 bridgehead atoms. The minimum absolute atomic E-state index is 0.0306. The third-order valence-corrected chi connectivity index (χ3v) is 5.11. The number of nitrogens with one attached hydrogen (secondary N) is 1. The van der Waals surface area contributed by atoms with Gasteiger partial charge in [-0.05, 0) is 31.2 Å². The summed E-state index contributed by atoms with van der Waals surface area (Å²) >= 11 is 0. The Morgan fingerprint density at radius 1 is 1.17 bits per heavy atom. The molecule has 0 radical (unpaired) electrons. The van der Waals surface area contributed by atoms with Crippen LogP contribution in [0.4, 0.5) is 18.9 Å². The first-order valence-electron chi connectivity index (χ1n) is 9.19. The standard InChI is InChI=1S/C20H20F3N3O3/c1-14-11-16(5-6-18(14)26(28)29)19(27)25-9-7-24(8-10-25)13-15-3-2-4-17(12-15)20(21,22)23/h2-6,11-12H,7-10,13H2,1H3/p+1. The number of alkyl halides is 3. The van der Waals surface area contributed by atoms with Gasteiger partial charge in [0.1, 0.15) is 6.54 Å². The van der Waals surface area contributed by atoms with E-state index >= 15 is 0 Å². The predicted octanol–water partition coefficient (Wildman–Crippen LogP) is 2.46. The summed E-state index contributed by atoms with van der Waals surface area (Å²) in [7, 11) is 0. The van der Waals surface area contributed by atoms with Gasteiger partial charge < -0.3 is 9.80 Å². The molecule has 1 fully saturated rings.